The van der Waals surface area contributed by atoms with Crippen LogP contribution in [0.5, 0.6) is 0 Å². The van der Waals surface area contributed by atoms with Gasteiger partial charge in [0.05, 0.1) is 0 Å². The Kier molecular flexibility index (Phi) is 9.09. The molecule has 0 fully saturated rings. The van der Waals surface area contributed by atoms with E-state index < -0.39 is 17.9 Å². The minimum Gasteiger partial charge on any atom is -0.481 e. The topological polar surface area (TPSA) is 74.6 Å². The van der Waals surface area contributed by atoms with Crippen molar-refractivity contribution < 1.29 is 19.8 Å². The molecule has 0 saturated heterocycles. The first kappa shape index (κ1) is 23.8. The Bertz CT molecular complexity index is 972. The summed E-state index contributed by atoms with van der Waals surface area (Å²) in [4.78, 5) is 21.7. The Morgan fingerprint density at radius 1 is 0.781 bits per heavy atom. The summed E-state index contributed by atoms with van der Waals surface area (Å²) in [5.41, 5.74) is 1.39. The molecule has 0 heterocycles. The van der Waals surface area contributed by atoms with Gasteiger partial charge in [-0.1, -0.05) is 87.8 Å². The third kappa shape index (κ3) is 6.56. The van der Waals surface area contributed by atoms with Gasteiger partial charge in [-0.05, 0) is 64.6 Å². The van der Waals surface area contributed by atoms with Gasteiger partial charge in [-0.3, -0.25) is 9.59 Å². The van der Waals surface area contributed by atoms with Crippen LogP contribution < -0.4 is 0 Å². The van der Waals surface area contributed by atoms with Crippen molar-refractivity contribution in [1.29, 1.82) is 0 Å². The van der Waals surface area contributed by atoms with Crippen LogP contribution in [-0.2, 0) is 16.0 Å². The van der Waals surface area contributed by atoms with Crippen molar-refractivity contribution in [3.8, 4) is 0 Å². The summed E-state index contributed by atoms with van der Waals surface area (Å²) in [6, 6.07) is 21.3. The predicted octanol–water partition coefficient (Wildman–Crippen LogP) is 6.82. The molecule has 0 aliphatic carbocycles. The number of carbonyl (C=O) groups is 2. The minimum absolute atomic E-state index is 0.225. The monoisotopic (exact) mass is 432 g/mol. The summed E-state index contributed by atoms with van der Waals surface area (Å²) < 4.78 is 0. The maximum Gasteiger partial charge on any atom is 0.317 e. The number of carboxylic acids is 2. The van der Waals surface area contributed by atoms with Crippen molar-refractivity contribution in [2.24, 2.45) is 5.92 Å². The number of fused-ring (bicyclic) bond motifs is 2. The number of hydrogen-bond acceptors (Lipinski definition) is 2. The van der Waals surface area contributed by atoms with E-state index in [2.05, 4.69) is 48.5 Å². The first-order chi connectivity index (χ1) is 15.6. The lowest BCUT2D eigenvalue weighted by Gasteiger charge is -2.11. The smallest absolute Gasteiger partial charge is 0.317 e. The van der Waals surface area contributed by atoms with E-state index in [0.29, 0.717) is 6.42 Å². The second-order valence-corrected chi connectivity index (χ2v) is 8.59. The lowest BCUT2D eigenvalue weighted by molar-refractivity contribution is -0.154. The lowest BCUT2D eigenvalue weighted by atomic mass is 9.93. The van der Waals surface area contributed by atoms with Crippen molar-refractivity contribution in [3.63, 3.8) is 0 Å². The minimum atomic E-state index is -1.26. The fourth-order valence-corrected chi connectivity index (χ4v) is 4.47. The average Bonchev–Trinajstić information content (AvgIpc) is 2.78. The zero-order chi connectivity index (χ0) is 22.8. The number of hydrogen-bond donors (Lipinski definition) is 2. The predicted molar refractivity (Wildman–Crippen MR) is 128 cm³/mol. The van der Waals surface area contributed by atoms with Crippen LogP contribution in [0.25, 0.3) is 21.5 Å². The second-order valence-electron chi connectivity index (χ2n) is 8.59. The maximum atomic E-state index is 10.9. The molecule has 0 spiro atoms. The fourth-order valence-electron chi connectivity index (χ4n) is 4.47. The molecule has 0 bridgehead atoms. The normalized spacial score (nSPS) is 11.4. The number of rotatable bonds is 14. The molecule has 4 nitrogen and oxygen atoms in total. The molecule has 0 amide bonds. The Labute approximate surface area is 190 Å². The number of benzene rings is 3. The van der Waals surface area contributed by atoms with Gasteiger partial charge < -0.3 is 10.2 Å². The second kappa shape index (κ2) is 12.2. The molecule has 3 aromatic rings. The summed E-state index contributed by atoms with van der Waals surface area (Å²) in [6.07, 6.45) is 11.0. The third-order valence-corrected chi connectivity index (χ3v) is 6.25. The van der Waals surface area contributed by atoms with Crippen molar-refractivity contribution in [1.82, 2.24) is 0 Å². The molecule has 0 atom stereocenters. The largest absolute Gasteiger partial charge is 0.481 e. The number of aryl methyl sites for hydroxylation is 1. The van der Waals surface area contributed by atoms with Gasteiger partial charge in [0.2, 0.25) is 0 Å². The molecule has 0 aliphatic rings. The van der Waals surface area contributed by atoms with E-state index in [1.807, 2.05) is 6.07 Å². The van der Waals surface area contributed by atoms with Gasteiger partial charge in [0, 0.05) is 0 Å². The average molecular weight is 433 g/mol. The quantitative estimate of drug-likeness (QED) is 0.166. The summed E-state index contributed by atoms with van der Waals surface area (Å²) in [5.74, 6) is -3.72. The summed E-state index contributed by atoms with van der Waals surface area (Å²) in [6.45, 7) is 0. The highest BCUT2D eigenvalue weighted by Gasteiger charge is 2.24. The Morgan fingerprint density at radius 2 is 1.41 bits per heavy atom. The molecule has 4 heteroatoms. The SMILES string of the molecule is O=C(O)C(CCCCCCCCCCCc1c2[c][c]ccc2cc2ccccc12)C(=O)O. The molecule has 3 rings (SSSR count). The van der Waals surface area contributed by atoms with Crippen molar-refractivity contribution in [2.45, 2.75) is 70.6 Å². The molecule has 32 heavy (non-hydrogen) atoms. The van der Waals surface area contributed by atoms with Gasteiger partial charge in [-0.2, -0.15) is 0 Å². The van der Waals surface area contributed by atoms with E-state index >= 15 is 0 Å². The van der Waals surface area contributed by atoms with Crippen LogP contribution in [0.4, 0.5) is 0 Å². The first-order valence-electron chi connectivity index (χ1n) is 11.8. The Hall–Kier alpha value is -2.88. The molecule has 0 unspecified atom stereocenters. The van der Waals surface area contributed by atoms with Gasteiger partial charge in [-0.25, -0.2) is 0 Å². The van der Waals surface area contributed by atoms with Crippen LogP contribution in [0.15, 0.2) is 42.5 Å². The van der Waals surface area contributed by atoms with Gasteiger partial charge in [0.15, 0.2) is 5.92 Å². The van der Waals surface area contributed by atoms with Crippen molar-refractivity contribution >= 4 is 33.5 Å². The van der Waals surface area contributed by atoms with E-state index in [0.717, 1.165) is 32.1 Å². The summed E-state index contributed by atoms with van der Waals surface area (Å²) >= 11 is 0. The molecule has 3 aromatic carbocycles. The van der Waals surface area contributed by atoms with Gasteiger partial charge >= 0.3 is 11.9 Å². The van der Waals surface area contributed by atoms with Crippen molar-refractivity contribution in [3.05, 3.63) is 60.2 Å². The van der Waals surface area contributed by atoms with E-state index in [4.69, 9.17) is 10.2 Å². The van der Waals surface area contributed by atoms with E-state index in [1.165, 1.54) is 52.8 Å². The Morgan fingerprint density at radius 3 is 2.09 bits per heavy atom. The first-order valence-corrected chi connectivity index (χ1v) is 11.8. The lowest BCUT2D eigenvalue weighted by Crippen LogP contribution is -2.23. The van der Waals surface area contributed by atoms with Gasteiger partial charge in [-0.15, -0.1) is 0 Å². The number of unbranched alkanes of at least 4 members (excludes halogenated alkanes) is 8. The highest BCUT2D eigenvalue weighted by molar-refractivity contribution is 6.01. The molecule has 168 valence electrons. The summed E-state index contributed by atoms with van der Waals surface area (Å²) in [5, 5.41) is 22.8. The maximum absolute atomic E-state index is 10.9. The standard InChI is InChI=1S/C28H32O4/c29-27(30)26(28(31)32)19-9-7-5-3-1-2-4-6-8-18-25-23-16-12-10-14-21(23)20-22-15-11-13-17-24(22)25/h10-12,14-16,20,26H,1-9,18-19H2,(H,29,30)(H,31,32). The van der Waals surface area contributed by atoms with Crippen LogP contribution in [-0.4, -0.2) is 22.2 Å². The van der Waals surface area contributed by atoms with Crippen LogP contribution >= 0.6 is 0 Å². The van der Waals surface area contributed by atoms with Crippen molar-refractivity contribution in [2.75, 3.05) is 0 Å². The summed E-state index contributed by atoms with van der Waals surface area (Å²) in [7, 11) is 0. The number of carboxylic acid groups (broad SMARTS) is 2. The Balaban J connectivity index is 1.34. The molecule has 0 saturated carbocycles. The van der Waals surface area contributed by atoms with Crippen LogP contribution in [0.2, 0.25) is 0 Å². The zero-order valence-corrected chi connectivity index (χ0v) is 18.6. The highest BCUT2D eigenvalue weighted by atomic mass is 16.4. The molecular formula is C28H32O4. The van der Waals surface area contributed by atoms with E-state index in [9.17, 15) is 9.59 Å². The zero-order valence-electron chi connectivity index (χ0n) is 18.6. The fraction of sp³-hybridized carbons (Fsp3) is 0.429. The molecule has 0 aliphatic heterocycles. The van der Waals surface area contributed by atoms with Crippen LogP contribution in [0.1, 0.15) is 69.8 Å². The van der Waals surface area contributed by atoms with Crippen LogP contribution in [0.3, 0.4) is 0 Å². The van der Waals surface area contributed by atoms with E-state index in [1.54, 1.807) is 0 Å². The van der Waals surface area contributed by atoms with Gasteiger partial charge in [0.25, 0.3) is 0 Å². The molecule has 2 N–H and O–H groups in total. The van der Waals surface area contributed by atoms with Gasteiger partial charge in [0.1, 0.15) is 0 Å². The van der Waals surface area contributed by atoms with Crippen LogP contribution in [0, 0.1) is 18.1 Å². The van der Waals surface area contributed by atoms with E-state index in [-0.39, 0.29) is 6.42 Å². The number of aliphatic carboxylic acids is 2. The molecule has 0 aromatic heterocycles. The highest BCUT2D eigenvalue weighted by Crippen LogP contribution is 2.29. The third-order valence-electron chi connectivity index (χ3n) is 6.25. The molecule has 2 radical (unpaired) electrons. The molecular weight excluding hydrogens is 400 g/mol.